The maximum absolute atomic E-state index is 13.9. The second kappa shape index (κ2) is 7.03. The molecule has 2 aromatic carbocycles. The summed E-state index contributed by atoms with van der Waals surface area (Å²) in [5.74, 6) is -1.82. The van der Waals surface area contributed by atoms with Gasteiger partial charge in [-0.3, -0.25) is 14.2 Å². The van der Waals surface area contributed by atoms with Crippen molar-refractivity contribution in [1.82, 2.24) is 4.57 Å². The van der Waals surface area contributed by atoms with E-state index >= 15 is 0 Å². The number of aliphatic carboxylic acids is 1. The number of hydrogen-bond donors (Lipinski definition) is 1. The summed E-state index contributed by atoms with van der Waals surface area (Å²) in [7, 11) is 2.94. The third-order valence-corrected chi connectivity index (χ3v) is 4.37. The molecular weight excluding hydrogens is 373 g/mol. The van der Waals surface area contributed by atoms with E-state index < -0.39 is 30.0 Å². The van der Waals surface area contributed by atoms with E-state index in [0.717, 1.165) is 4.57 Å². The van der Waals surface area contributed by atoms with Gasteiger partial charge in [-0.2, -0.15) is 13.2 Å². The summed E-state index contributed by atoms with van der Waals surface area (Å²) in [5.41, 5.74) is -0.820. The summed E-state index contributed by atoms with van der Waals surface area (Å²) in [6.07, 6.45) is -4.18. The summed E-state index contributed by atoms with van der Waals surface area (Å²) in [6, 6.07) is 10.8. The van der Waals surface area contributed by atoms with Gasteiger partial charge in [-0.1, -0.05) is 18.2 Å². The van der Waals surface area contributed by atoms with Gasteiger partial charge in [0, 0.05) is 36.9 Å². The number of rotatable bonds is 4. The van der Waals surface area contributed by atoms with Crippen LogP contribution in [0.25, 0.3) is 10.9 Å². The first-order valence-corrected chi connectivity index (χ1v) is 8.34. The Bertz CT molecular complexity index is 1050. The minimum Gasteiger partial charge on any atom is -0.481 e. The largest absolute Gasteiger partial charge is 0.481 e. The van der Waals surface area contributed by atoms with Crippen molar-refractivity contribution in [2.45, 2.75) is 12.6 Å². The SMILES string of the molecule is CN(C)c1ccc2c(c(CC(=O)O)cn2C(=O)c2ccccc2)c1C(F)(F)F. The first-order valence-electron chi connectivity index (χ1n) is 8.34. The Morgan fingerprint density at radius 1 is 1.07 bits per heavy atom. The van der Waals surface area contributed by atoms with Crippen LogP contribution in [0.15, 0.2) is 48.7 Å². The maximum Gasteiger partial charge on any atom is 0.419 e. The minimum atomic E-state index is -4.73. The number of carbonyl (C=O) groups is 2. The van der Waals surface area contributed by atoms with Crippen LogP contribution in [0.3, 0.4) is 0 Å². The van der Waals surface area contributed by atoms with Crippen molar-refractivity contribution >= 4 is 28.5 Å². The molecule has 0 aliphatic carbocycles. The molecule has 3 rings (SSSR count). The van der Waals surface area contributed by atoms with Crippen LogP contribution in [0.1, 0.15) is 21.5 Å². The minimum absolute atomic E-state index is 0.0167. The summed E-state index contributed by atoms with van der Waals surface area (Å²) in [5, 5.41) is 8.90. The van der Waals surface area contributed by atoms with E-state index in [1.807, 2.05) is 0 Å². The lowest BCUT2D eigenvalue weighted by Crippen LogP contribution is -2.17. The number of carbonyl (C=O) groups excluding carboxylic acids is 1. The van der Waals surface area contributed by atoms with Crippen molar-refractivity contribution in [2.24, 2.45) is 0 Å². The van der Waals surface area contributed by atoms with Crippen molar-refractivity contribution in [3.05, 3.63) is 65.4 Å². The van der Waals surface area contributed by atoms with Crippen LogP contribution in [0.5, 0.6) is 0 Å². The normalized spacial score (nSPS) is 11.6. The topological polar surface area (TPSA) is 62.5 Å². The van der Waals surface area contributed by atoms with E-state index in [1.165, 1.54) is 37.3 Å². The average Bonchev–Trinajstić information content (AvgIpc) is 2.98. The van der Waals surface area contributed by atoms with Crippen LogP contribution in [0.2, 0.25) is 0 Å². The zero-order chi connectivity index (χ0) is 20.6. The summed E-state index contributed by atoms with van der Waals surface area (Å²) in [6.45, 7) is 0. The van der Waals surface area contributed by atoms with Crippen LogP contribution in [0.4, 0.5) is 18.9 Å². The fourth-order valence-corrected chi connectivity index (χ4v) is 3.24. The van der Waals surface area contributed by atoms with Crippen molar-refractivity contribution in [3.8, 4) is 0 Å². The molecule has 0 spiro atoms. The zero-order valence-corrected chi connectivity index (χ0v) is 15.1. The number of nitrogens with zero attached hydrogens (tertiary/aromatic N) is 2. The molecule has 0 saturated carbocycles. The van der Waals surface area contributed by atoms with Crippen molar-refractivity contribution in [1.29, 1.82) is 0 Å². The molecule has 0 aliphatic rings. The third-order valence-electron chi connectivity index (χ3n) is 4.37. The first kappa shape index (κ1) is 19.5. The molecule has 8 heteroatoms. The van der Waals surface area contributed by atoms with E-state index in [2.05, 4.69) is 0 Å². The molecule has 1 aromatic heterocycles. The van der Waals surface area contributed by atoms with E-state index in [9.17, 15) is 27.9 Å². The Balaban J connectivity index is 2.37. The van der Waals surface area contributed by atoms with Crippen LogP contribution >= 0.6 is 0 Å². The third kappa shape index (κ3) is 3.45. The van der Waals surface area contributed by atoms with Crippen molar-refractivity contribution in [2.75, 3.05) is 19.0 Å². The van der Waals surface area contributed by atoms with Gasteiger partial charge in [0.1, 0.15) is 0 Å². The standard InChI is InChI=1S/C20H17F3N2O3/c1-24(2)15-9-8-14-17(18(15)20(21,22)23)13(10-16(26)27)11-25(14)19(28)12-6-4-3-5-7-12/h3-9,11H,10H2,1-2H3,(H,26,27). The van der Waals surface area contributed by atoms with Gasteiger partial charge in [0.25, 0.3) is 5.91 Å². The first-order chi connectivity index (χ1) is 13.1. The molecule has 0 bridgehead atoms. The number of carboxylic acids is 1. The van der Waals surface area contributed by atoms with E-state index in [-0.39, 0.29) is 27.7 Å². The Morgan fingerprint density at radius 3 is 2.25 bits per heavy atom. The van der Waals surface area contributed by atoms with Gasteiger partial charge in [0.15, 0.2) is 0 Å². The van der Waals surface area contributed by atoms with Gasteiger partial charge < -0.3 is 10.0 Å². The fraction of sp³-hybridized carbons (Fsp3) is 0.200. The lowest BCUT2D eigenvalue weighted by atomic mass is 10.0. The number of carboxylic acid groups (broad SMARTS) is 1. The number of halogens is 3. The molecule has 0 amide bonds. The zero-order valence-electron chi connectivity index (χ0n) is 15.1. The van der Waals surface area contributed by atoms with Gasteiger partial charge in [-0.25, -0.2) is 0 Å². The molecule has 0 saturated heterocycles. The van der Waals surface area contributed by atoms with Gasteiger partial charge >= 0.3 is 12.1 Å². The quantitative estimate of drug-likeness (QED) is 0.730. The molecular formula is C20H17F3N2O3. The second-order valence-corrected chi connectivity index (χ2v) is 6.51. The van der Waals surface area contributed by atoms with Gasteiger partial charge in [-0.05, 0) is 29.8 Å². The van der Waals surface area contributed by atoms with Gasteiger partial charge in [0.2, 0.25) is 0 Å². The molecule has 3 aromatic rings. The Kier molecular flexibility index (Phi) is 4.89. The highest BCUT2D eigenvalue weighted by molar-refractivity contribution is 6.05. The predicted molar refractivity (Wildman–Crippen MR) is 98.8 cm³/mol. The fourth-order valence-electron chi connectivity index (χ4n) is 3.24. The highest BCUT2D eigenvalue weighted by atomic mass is 19.4. The van der Waals surface area contributed by atoms with Crippen molar-refractivity contribution in [3.63, 3.8) is 0 Å². The van der Waals surface area contributed by atoms with Gasteiger partial charge in [0.05, 0.1) is 17.5 Å². The lowest BCUT2D eigenvalue weighted by molar-refractivity contribution is -0.137. The predicted octanol–water partition coefficient (Wildman–Crippen LogP) is 4.04. The monoisotopic (exact) mass is 390 g/mol. The number of fused-ring (bicyclic) bond motifs is 1. The molecule has 28 heavy (non-hydrogen) atoms. The highest BCUT2D eigenvalue weighted by Crippen LogP contribution is 2.43. The molecule has 0 radical (unpaired) electrons. The molecule has 1 N–H and O–H groups in total. The number of hydrogen-bond acceptors (Lipinski definition) is 3. The van der Waals surface area contributed by atoms with Crippen LogP contribution in [0, 0.1) is 0 Å². The Morgan fingerprint density at radius 2 is 1.71 bits per heavy atom. The maximum atomic E-state index is 13.9. The van der Waals surface area contributed by atoms with Crippen LogP contribution < -0.4 is 4.90 Å². The van der Waals surface area contributed by atoms with Crippen LogP contribution in [-0.2, 0) is 17.4 Å². The van der Waals surface area contributed by atoms with Crippen molar-refractivity contribution < 1.29 is 27.9 Å². The van der Waals surface area contributed by atoms with E-state index in [0.29, 0.717) is 0 Å². The Hall–Kier alpha value is -3.29. The molecule has 5 nitrogen and oxygen atoms in total. The summed E-state index contributed by atoms with van der Waals surface area (Å²) in [4.78, 5) is 25.4. The van der Waals surface area contributed by atoms with E-state index in [4.69, 9.17) is 0 Å². The molecule has 146 valence electrons. The smallest absolute Gasteiger partial charge is 0.419 e. The van der Waals surface area contributed by atoms with Crippen LogP contribution in [-0.4, -0.2) is 35.6 Å². The number of aromatic nitrogens is 1. The van der Waals surface area contributed by atoms with E-state index in [1.54, 1.807) is 30.3 Å². The highest BCUT2D eigenvalue weighted by Gasteiger charge is 2.38. The van der Waals surface area contributed by atoms with Gasteiger partial charge in [-0.15, -0.1) is 0 Å². The number of alkyl halides is 3. The lowest BCUT2D eigenvalue weighted by Gasteiger charge is -2.21. The molecule has 0 atom stereocenters. The molecule has 1 heterocycles. The number of benzene rings is 2. The molecule has 0 fully saturated rings. The second-order valence-electron chi connectivity index (χ2n) is 6.51. The Labute approximate surface area is 158 Å². The summed E-state index contributed by atoms with van der Waals surface area (Å²) >= 11 is 0. The molecule has 0 aliphatic heterocycles. The average molecular weight is 390 g/mol. The summed E-state index contributed by atoms with van der Waals surface area (Å²) < 4.78 is 42.8. The number of anilines is 1. The molecule has 0 unspecified atom stereocenters.